The molecule has 0 bridgehead atoms. The minimum atomic E-state index is 0.128. The quantitative estimate of drug-likeness (QED) is 0.737. The van der Waals surface area contributed by atoms with Crippen molar-refractivity contribution in [3.63, 3.8) is 0 Å². The summed E-state index contributed by atoms with van der Waals surface area (Å²) in [7, 11) is 3.53. The normalized spacial score (nSPS) is 10.4. The molecule has 5 heteroatoms. The van der Waals surface area contributed by atoms with Crippen LogP contribution in [0.1, 0.15) is 31.2 Å². The van der Waals surface area contributed by atoms with Crippen molar-refractivity contribution in [3.8, 4) is 5.75 Å². The van der Waals surface area contributed by atoms with Crippen LogP contribution in [0, 0.1) is 6.92 Å². The van der Waals surface area contributed by atoms with E-state index in [9.17, 15) is 4.79 Å². The summed E-state index contributed by atoms with van der Waals surface area (Å²) in [4.78, 5) is 17.5. The molecule has 0 saturated heterocycles. The molecule has 0 aliphatic rings. The van der Waals surface area contributed by atoms with Gasteiger partial charge in [-0.05, 0) is 32.0 Å². The summed E-state index contributed by atoms with van der Waals surface area (Å²) in [6.45, 7) is 6.15. The van der Waals surface area contributed by atoms with E-state index >= 15 is 0 Å². The number of amides is 1. The number of hydrogen-bond acceptors (Lipinski definition) is 4. The lowest BCUT2D eigenvalue weighted by atomic mass is 10.2. The van der Waals surface area contributed by atoms with E-state index in [4.69, 9.17) is 4.74 Å². The standard InChI is InChI=1S/C15H25N3O2/c1-5-16-11-13-14(9-8-12(2)17-13)20-10-6-7-15(19)18(3)4/h8-9,16H,5-7,10-11H2,1-4H3. The zero-order valence-corrected chi connectivity index (χ0v) is 12.9. The van der Waals surface area contributed by atoms with Gasteiger partial charge >= 0.3 is 0 Å². The molecule has 1 rings (SSSR count). The van der Waals surface area contributed by atoms with Gasteiger partial charge in [-0.3, -0.25) is 9.78 Å². The molecule has 0 unspecified atom stereocenters. The molecule has 0 saturated carbocycles. The van der Waals surface area contributed by atoms with Crippen LogP contribution in [0.25, 0.3) is 0 Å². The third-order valence-electron chi connectivity index (χ3n) is 2.91. The van der Waals surface area contributed by atoms with Crippen molar-refractivity contribution >= 4 is 5.91 Å². The van der Waals surface area contributed by atoms with Gasteiger partial charge in [-0.25, -0.2) is 0 Å². The highest BCUT2D eigenvalue weighted by Gasteiger charge is 2.07. The van der Waals surface area contributed by atoms with Crippen LogP contribution in [0.4, 0.5) is 0 Å². The van der Waals surface area contributed by atoms with Gasteiger partial charge in [0.2, 0.25) is 5.91 Å². The molecule has 1 heterocycles. The summed E-state index contributed by atoms with van der Waals surface area (Å²) in [5, 5.41) is 3.25. The first-order chi connectivity index (χ1) is 9.54. The highest BCUT2D eigenvalue weighted by atomic mass is 16.5. The molecule has 1 aromatic heterocycles. The second-order valence-corrected chi connectivity index (χ2v) is 4.92. The second kappa shape index (κ2) is 8.53. The van der Waals surface area contributed by atoms with Crippen LogP contribution in [-0.2, 0) is 11.3 Å². The summed E-state index contributed by atoms with van der Waals surface area (Å²) < 4.78 is 5.75. The molecule has 1 amide bonds. The van der Waals surface area contributed by atoms with Gasteiger partial charge in [0, 0.05) is 32.8 Å². The van der Waals surface area contributed by atoms with Gasteiger partial charge in [0.15, 0.2) is 0 Å². The van der Waals surface area contributed by atoms with E-state index in [1.807, 2.05) is 19.1 Å². The number of nitrogens with zero attached hydrogens (tertiary/aromatic N) is 2. The van der Waals surface area contributed by atoms with Gasteiger partial charge in [0.1, 0.15) is 5.75 Å². The Morgan fingerprint density at radius 3 is 2.80 bits per heavy atom. The number of carbonyl (C=O) groups excluding carboxylic acids is 1. The van der Waals surface area contributed by atoms with Gasteiger partial charge in [-0.15, -0.1) is 0 Å². The molecule has 0 radical (unpaired) electrons. The number of carbonyl (C=O) groups is 1. The van der Waals surface area contributed by atoms with Crippen molar-refractivity contribution in [1.29, 1.82) is 0 Å². The third-order valence-corrected chi connectivity index (χ3v) is 2.91. The van der Waals surface area contributed by atoms with Crippen LogP contribution in [0.15, 0.2) is 12.1 Å². The average Bonchev–Trinajstić information content (AvgIpc) is 2.42. The SMILES string of the molecule is CCNCc1nc(C)ccc1OCCCC(=O)N(C)C. The zero-order chi connectivity index (χ0) is 15.0. The fourth-order valence-electron chi connectivity index (χ4n) is 1.73. The Bertz CT molecular complexity index is 433. The number of aryl methyl sites for hydroxylation is 1. The number of pyridine rings is 1. The van der Waals surface area contributed by atoms with E-state index in [1.54, 1.807) is 19.0 Å². The van der Waals surface area contributed by atoms with Crippen molar-refractivity contribution in [2.24, 2.45) is 0 Å². The summed E-state index contributed by atoms with van der Waals surface area (Å²) in [5.74, 6) is 0.928. The van der Waals surface area contributed by atoms with Crippen molar-refractivity contribution < 1.29 is 9.53 Å². The summed E-state index contributed by atoms with van der Waals surface area (Å²) >= 11 is 0. The first-order valence-electron chi connectivity index (χ1n) is 7.04. The Hall–Kier alpha value is -1.62. The maximum atomic E-state index is 11.5. The first-order valence-corrected chi connectivity index (χ1v) is 7.04. The van der Waals surface area contributed by atoms with Gasteiger partial charge in [0.05, 0.1) is 12.3 Å². The lowest BCUT2D eigenvalue weighted by Gasteiger charge is -2.13. The van der Waals surface area contributed by atoms with Crippen LogP contribution in [0.2, 0.25) is 0 Å². The van der Waals surface area contributed by atoms with E-state index in [-0.39, 0.29) is 5.91 Å². The molecular weight excluding hydrogens is 254 g/mol. The fraction of sp³-hybridized carbons (Fsp3) is 0.600. The Labute approximate surface area is 121 Å². The van der Waals surface area contributed by atoms with Crippen LogP contribution in [0.3, 0.4) is 0 Å². The van der Waals surface area contributed by atoms with Crippen molar-refractivity contribution in [2.45, 2.75) is 33.2 Å². The van der Waals surface area contributed by atoms with E-state index in [2.05, 4.69) is 17.2 Å². The number of ether oxygens (including phenoxy) is 1. The smallest absolute Gasteiger partial charge is 0.222 e. The number of nitrogens with one attached hydrogen (secondary N) is 1. The molecule has 0 spiro atoms. The molecular formula is C15H25N3O2. The molecule has 0 atom stereocenters. The highest BCUT2D eigenvalue weighted by Crippen LogP contribution is 2.17. The molecule has 0 aliphatic carbocycles. The lowest BCUT2D eigenvalue weighted by molar-refractivity contribution is -0.128. The minimum absolute atomic E-state index is 0.128. The molecule has 0 aromatic carbocycles. The van der Waals surface area contributed by atoms with Gasteiger partial charge in [0.25, 0.3) is 0 Å². The van der Waals surface area contributed by atoms with Crippen molar-refractivity contribution in [1.82, 2.24) is 15.2 Å². The maximum absolute atomic E-state index is 11.5. The third kappa shape index (κ3) is 5.57. The molecule has 112 valence electrons. The maximum Gasteiger partial charge on any atom is 0.222 e. The molecule has 5 nitrogen and oxygen atoms in total. The topological polar surface area (TPSA) is 54.5 Å². The highest BCUT2D eigenvalue weighted by molar-refractivity contribution is 5.75. The summed E-state index contributed by atoms with van der Waals surface area (Å²) in [6.07, 6.45) is 1.22. The largest absolute Gasteiger partial charge is 0.492 e. The zero-order valence-electron chi connectivity index (χ0n) is 12.9. The van der Waals surface area contributed by atoms with Gasteiger partial charge < -0.3 is 15.0 Å². The number of rotatable bonds is 8. The molecule has 0 fully saturated rings. The van der Waals surface area contributed by atoms with E-state index in [0.29, 0.717) is 26.0 Å². The van der Waals surface area contributed by atoms with Crippen molar-refractivity contribution in [3.05, 3.63) is 23.5 Å². The Balaban J connectivity index is 2.48. The Morgan fingerprint density at radius 2 is 2.15 bits per heavy atom. The predicted octanol–water partition coefficient (Wildman–Crippen LogP) is 1.75. The number of aromatic nitrogens is 1. The van der Waals surface area contributed by atoms with Crippen LogP contribution >= 0.6 is 0 Å². The lowest BCUT2D eigenvalue weighted by Crippen LogP contribution is -2.22. The first kappa shape index (κ1) is 16.4. The minimum Gasteiger partial charge on any atom is -0.492 e. The summed E-state index contributed by atoms with van der Waals surface area (Å²) in [6, 6.07) is 3.89. The predicted molar refractivity (Wildman–Crippen MR) is 79.8 cm³/mol. The average molecular weight is 279 g/mol. The Kier molecular flexibility index (Phi) is 7.01. The second-order valence-electron chi connectivity index (χ2n) is 4.92. The van der Waals surface area contributed by atoms with Crippen LogP contribution < -0.4 is 10.1 Å². The van der Waals surface area contributed by atoms with E-state index < -0.39 is 0 Å². The Morgan fingerprint density at radius 1 is 1.40 bits per heavy atom. The monoisotopic (exact) mass is 279 g/mol. The summed E-state index contributed by atoms with van der Waals surface area (Å²) in [5.41, 5.74) is 1.90. The molecule has 20 heavy (non-hydrogen) atoms. The molecule has 1 N–H and O–H groups in total. The van der Waals surface area contributed by atoms with Gasteiger partial charge in [-0.1, -0.05) is 6.92 Å². The van der Waals surface area contributed by atoms with Crippen molar-refractivity contribution in [2.75, 3.05) is 27.2 Å². The van der Waals surface area contributed by atoms with E-state index in [0.717, 1.165) is 23.7 Å². The number of hydrogen-bond donors (Lipinski definition) is 1. The molecule has 0 aliphatic heterocycles. The fourth-order valence-corrected chi connectivity index (χ4v) is 1.73. The molecule has 1 aromatic rings. The van der Waals surface area contributed by atoms with E-state index in [1.165, 1.54) is 0 Å². The van der Waals surface area contributed by atoms with Gasteiger partial charge in [-0.2, -0.15) is 0 Å². The van der Waals surface area contributed by atoms with Crippen LogP contribution in [0.5, 0.6) is 5.75 Å². The van der Waals surface area contributed by atoms with Crippen LogP contribution in [-0.4, -0.2) is 43.0 Å².